The van der Waals surface area contributed by atoms with Crippen LogP contribution in [0.2, 0.25) is 0 Å². The summed E-state index contributed by atoms with van der Waals surface area (Å²) in [7, 11) is -3.63. The van der Waals surface area contributed by atoms with Gasteiger partial charge in [0.2, 0.25) is 0 Å². The highest BCUT2D eigenvalue weighted by Gasteiger charge is 2.19. The van der Waals surface area contributed by atoms with Gasteiger partial charge in [0.15, 0.2) is 0 Å². The number of halogens is 1. The number of benzene rings is 1. The third-order valence-corrected chi connectivity index (χ3v) is 5.60. The largest absolute Gasteiger partial charge is 0.298 e. The summed E-state index contributed by atoms with van der Waals surface area (Å²) in [4.78, 5) is 11.6. The molecule has 0 fully saturated rings. The average molecular weight is 360 g/mol. The summed E-state index contributed by atoms with van der Waals surface area (Å²) in [6, 6.07) is 7.88. The van der Waals surface area contributed by atoms with E-state index in [1.165, 1.54) is 17.4 Å². The van der Waals surface area contributed by atoms with Crippen LogP contribution in [0.5, 0.6) is 0 Å². The molecular weight excluding hydrogens is 350 g/mol. The number of nitrogens with one attached hydrogen (secondary N) is 1. The molecule has 4 nitrogen and oxygen atoms in total. The predicted octanol–water partition coefficient (Wildman–Crippen LogP) is 3.43. The molecule has 2 rings (SSSR count). The second-order valence-corrected chi connectivity index (χ2v) is 8.11. The van der Waals surface area contributed by atoms with Crippen LogP contribution in [0.3, 0.4) is 0 Å². The highest BCUT2D eigenvalue weighted by atomic mass is 79.9. The van der Waals surface area contributed by atoms with Crippen LogP contribution >= 0.6 is 27.3 Å². The number of carbonyl (C=O) groups excluding carboxylic acids is 1. The third-order valence-electron chi connectivity index (χ3n) is 2.41. The van der Waals surface area contributed by atoms with E-state index < -0.39 is 10.0 Å². The number of aryl methyl sites for hydroxylation is 1. The van der Waals surface area contributed by atoms with E-state index in [0.717, 1.165) is 3.79 Å². The van der Waals surface area contributed by atoms with Crippen LogP contribution in [-0.2, 0) is 10.0 Å². The Hall–Kier alpha value is -1.18. The Kier molecular flexibility index (Phi) is 4.07. The van der Waals surface area contributed by atoms with Crippen molar-refractivity contribution in [3.63, 3.8) is 0 Å². The van der Waals surface area contributed by atoms with Gasteiger partial charge in [-0.25, -0.2) is 8.42 Å². The minimum Gasteiger partial charge on any atom is -0.298 e. The van der Waals surface area contributed by atoms with Crippen molar-refractivity contribution in [2.45, 2.75) is 11.8 Å². The Bertz CT molecular complexity index is 722. The second-order valence-electron chi connectivity index (χ2n) is 3.82. The second kappa shape index (κ2) is 5.44. The summed E-state index contributed by atoms with van der Waals surface area (Å²) < 4.78 is 27.7. The molecule has 0 aliphatic carbocycles. The van der Waals surface area contributed by atoms with Gasteiger partial charge in [-0.05, 0) is 41.1 Å². The monoisotopic (exact) mass is 359 g/mol. The molecule has 0 atom stereocenters. The molecule has 0 amide bonds. The van der Waals surface area contributed by atoms with Gasteiger partial charge in [-0.1, -0.05) is 12.1 Å². The normalized spacial score (nSPS) is 11.3. The lowest BCUT2D eigenvalue weighted by Gasteiger charge is -2.07. The van der Waals surface area contributed by atoms with E-state index >= 15 is 0 Å². The van der Waals surface area contributed by atoms with E-state index in [9.17, 15) is 13.2 Å². The van der Waals surface area contributed by atoms with Crippen molar-refractivity contribution in [1.29, 1.82) is 0 Å². The highest BCUT2D eigenvalue weighted by molar-refractivity contribution is 9.11. The number of hydrogen-bond acceptors (Lipinski definition) is 4. The Morgan fingerprint density at radius 3 is 2.63 bits per heavy atom. The molecule has 1 heterocycles. The van der Waals surface area contributed by atoms with Gasteiger partial charge < -0.3 is 0 Å². The van der Waals surface area contributed by atoms with E-state index in [1.54, 1.807) is 31.2 Å². The van der Waals surface area contributed by atoms with E-state index in [4.69, 9.17) is 0 Å². The van der Waals surface area contributed by atoms with Crippen molar-refractivity contribution in [3.8, 4) is 0 Å². The molecule has 0 radical (unpaired) electrons. The molecule has 0 saturated heterocycles. The molecule has 0 saturated carbocycles. The number of carbonyl (C=O) groups is 1. The third kappa shape index (κ3) is 3.23. The van der Waals surface area contributed by atoms with Crippen LogP contribution in [0.25, 0.3) is 0 Å². The maximum Gasteiger partial charge on any atom is 0.263 e. The predicted molar refractivity (Wildman–Crippen MR) is 79.4 cm³/mol. The van der Waals surface area contributed by atoms with Gasteiger partial charge in [0, 0.05) is 16.1 Å². The zero-order valence-corrected chi connectivity index (χ0v) is 13.1. The van der Waals surface area contributed by atoms with Crippen LogP contribution in [0.15, 0.2) is 39.0 Å². The Balaban J connectivity index is 2.36. The first kappa shape index (κ1) is 14.2. The Labute approximate surface area is 123 Å². The molecule has 2 aromatic rings. The molecule has 0 bridgehead atoms. The number of rotatable bonds is 4. The fourth-order valence-corrected chi connectivity index (χ4v) is 5.05. The lowest BCUT2D eigenvalue weighted by Crippen LogP contribution is -2.13. The zero-order chi connectivity index (χ0) is 14.0. The van der Waals surface area contributed by atoms with Crippen molar-refractivity contribution in [2.75, 3.05) is 4.72 Å². The number of anilines is 1. The van der Waals surface area contributed by atoms with Crippen LogP contribution in [0.4, 0.5) is 5.69 Å². The molecule has 1 aromatic carbocycles. The van der Waals surface area contributed by atoms with Crippen LogP contribution in [-0.4, -0.2) is 14.7 Å². The summed E-state index contributed by atoms with van der Waals surface area (Å²) in [6.07, 6.45) is 0.671. The summed E-state index contributed by atoms with van der Waals surface area (Å²) in [6.45, 7) is 1.74. The first-order valence-corrected chi connectivity index (χ1v) is 8.35. The summed E-state index contributed by atoms with van der Waals surface area (Å²) in [5, 5.41) is 0. The lowest BCUT2D eigenvalue weighted by molar-refractivity contribution is 0.112. The van der Waals surface area contributed by atoms with E-state index in [-0.39, 0.29) is 4.90 Å². The fraction of sp³-hybridized carbons (Fsp3) is 0.0833. The molecule has 0 spiro atoms. The molecule has 0 aliphatic rings. The summed E-state index contributed by atoms with van der Waals surface area (Å²) in [5.74, 6) is 0. The van der Waals surface area contributed by atoms with E-state index in [0.29, 0.717) is 22.4 Å². The molecule has 0 unspecified atom stereocenters. The van der Waals surface area contributed by atoms with Crippen LogP contribution in [0, 0.1) is 6.92 Å². The quantitative estimate of drug-likeness (QED) is 0.850. The van der Waals surface area contributed by atoms with Gasteiger partial charge in [0.05, 0.1) is 3.79 Å². The van der Waals surface area contributed by atoms with Crippen LogP contribution < -0.4 is 4.72 Å². The first-order chi connectivity index (χ1) is 8.92. The van der Waals surface area contributed by atoms with E-state index in [2.05, 4.69) is 20.7 Å². The number of aldehydes is 1. The smallest absolute Gasteiger partial charge is 0.263 e. The van der Waals surface area contributed by atoms with Gasteiger partial charge >= 0.3 is 0 Å². The Morgan fingerprint density at radius 1 is 1.32 bits per heavy atom. The van der Waals surface area contributed by atoms with Crippen LogP contribution in [0.1, 0.15) is 15.2 Å². The van der Waals surface area contributed by atoms with Gasteiger partial charge in [-0.3, -0.25) is 9.52 Å². The van der Waals surface area contributed by atoms with Crippen molar-refractivity contribution in [3.05, 3.63) is 44.6 Å². The first-order valence-electron chi connectivity index (χ1n) is 5.26. The Morgan fingerprint density at radius 2 is 2.05 bits per heavy atom. The zero-order valence-electron chi connectivity index (χ0n) is 9.88. The molecule has 1 N–H and O–H groups in total. The number of sulfonamides is 1. The molecule has 19 heavy (non-hydrogen) atoms. The van der Waals surface area contributed by atoms with Crippen molar-refractivity contribution >= 4 is 49.3 Å². The van der Waals surface area contributed by atoms with E-state index in [1.807, 2.05) is 0 Å². The molecule has 100 valence electrons. The fourth-order valence-electron chi connectivity index (χ4n) is 1.58. The average Bonchev–Trinajstić information content (AvgIpc) is 2.69. The number of thiophene rings is 1. The molecule has 7 heteroatoms. The van der Waals surface area contributed by atoms with Gasteiger partial charge in [0.25, 0.3) is 10.0 Å². The van der Waals surface area contributed by atoms with Gasteiger partial charge in [0.1, 0.15) is 11.2 Å². The van der Waals surface area contributed by atoms with Crippen molar-refractivity contribution in [1.82, 2.24) is 0 Å². The summed E-state index contributed by atoms with van der Waals surface area (Å²) in [5.41, 5.74) is 0.787. The molecule has 0 aliphatic heterocycles. The van der Waals surface area contributed by atoms with Gasteiger partial charge in [-0.15, -0.1) is 11.3 Å². The summed E-state index contributed by atoms with van der Waals surface area (Å²) >= 11 is 4.62. The van der Waals surface area contributed by atoms with Gasteiger partial charge in [-0.2, -0.15) is 0 Å². The topological polar surface area (TPSA) is 63.2 Å². The minimum atomic E-state index is -3.63. The van der Waals surface area contributed by atoms with Crippen molar-refractivity contribution < 1.29 is 13.2 Å². The SMILES string of the molecule is Cc1sc(Br)cc1S(=O)(=O)Nc1cccc(C=O)c1. The standard InChI is InChI=1S/C12H10BrNO3S2/c1-8-11(6-12(13)18-8)19(16,17)14-10-4-2-3-9(5-10)7-15/h2-7,14H,1H3. The molecule has 1 aromatic heterocycles. The maximum absolute atomic E-state index is 12.2. The number of hydrogen-bond donors (Lipinski definition) is 1. The maximum atomic E-state index is 12.2. The van der Waals surface area contributed by atoms with Crippen molar-refractivity contribution in [2.24, 2.45) is 0 Å². The molecular formula is C12H10BrNO3S2. The minimum absolute atomic E-state index is 0.237. The highest BCUT2D eigenvalue weighted by Crippen LogP contribution is 2.30. The lowest BCUT2D eigenvalue weighted by atomic mass is 10.2.